The quantitative estimate of drug-likeness (QED) is 0.418. The van der Waals surface area contributed by atoms with Crippen molar-refractivity contribution in [2.45, 2.75) is 6.61 Å². The van der Waals surface area contributed by atoms with Gasteiger partial charge in [0.25, 0.3) is 5.91 Å². The van der Waals surface area contributed by atoms with Crippen LogP contribution in [-0.4, -0.2) is 40.6 Å². The summed E-state index contributed by atoms with van der Waals surface area (Å²) in [5, 5.41) is 2.83. The summed E-state index contributed by atoms with van der Waals surface area (Å²) in [6.07, 6.45) is 5.45. The second-order valence-electron chi connectivity index (χ2n) is 6.67. The average molecular weight is 418 g/mol. The third-order valence-electron chi connectivity index (χ3n) is 4.44. The van der Waals surface area contributed by atoms with Crippen LogP contribution in [0, 0.1) is 0 Å². The van der Waals surface area contributed by atoms with E-state index < -0.39 is 0 Å². The Balaban J connectivity index is 1.41. The lowest BCUT2D eigenvalue weighted by molar-refractivity contribution is 0.102. The van der Waals surface area contributed by atoms with Gasteiger partial charge < -0.3 is 23.9 Å². The summed E-state index contributed by atoms with van der Waals surface area (Å²) in [6, 6.07) is 16.2. The van der Waals surface area contributed by atoms with E-state index in [1.54, 1.807) is 49.7 Å². The number of benzene rings is 1. The van der Waals surface area contributed by atoms with Gasteiger partial charge in [-0.2, -0.15) is 0 Å². The van der Waals surface area contributed by atoms with Crippen LogP contribution < -0.4 is 14.8 Å². The van der Waals surface area contributed by atoms with E-state index in [4.69, 9.17) is 14.2 Å². The molecule has 0 atom stereocenters. The fourth-order valence-corrected chi connectivity index (χ4v) is 2.96. The van der Waals surface area contributed by atoms with Gasteiger partial charge in [0.05, 0.1) is 12.3 Å². The predicted molar refractivity (Wildman–Crippen MR) is 116 cm³/mol. The molecular formula is C23H22N4O4. The Morgan fingerprint density at radius 3 is 2.87 bits per heavy atom. The molecule has 0 aliphatic rings. The molecule has 31 heavy (non-hydrogen) atoms. The zero-order chi connectivity index (χ0) is 21.5. The van der Waals surface area contributed by atoms with Crippen molar-refractivity contribution in [3.05, 3.63) is 84.4 Å². The first-order valence-corrected chi connectivity index (χ1v) is 9.76. The maximum absolute atomic E-state index is 12.7. The summed E-state index contributed by atoms with van der Waals surface area (Å²) in [6.45, 7) is 1.06. The molecule has 158 valence electrons. The van der Waals surface area contributed by atoms with Crippen molar-refractivity contribution in [1.29, 1.82) is 0 Å². The standard InChI is InChI=1S/C23H22N4O4/c1-29-12-13-30-23-20(8-5-10-24-23)26-22(28)17-6-4-7-19(14-17)31-16-18-15-27-11-3-2-9-21(27)25-18/h2-11,14-15H,12-13,16H2,1H3,(H,26,28). The van der Waals surface area contributed by atoms with E-state index in [9.17, 15) is 4.79 Å². The Morgan fingerprint density at radius 1 is 1.06 bits per heavy atom. The highest BCUT2D eigenvalue weighted by Gasteiger charge is 2.12. The molecule has 1 amide bonds. The minimum absolute atomic E-state index is 0.289. The van der Waals surface area contributed by atoms with Gasteiger partial charge in [0.15, 0.2) is 0 Å². The minimum atomic E-state index is -0.289. The maximum Gasteiger partial charge on any atom is 0.255 e. The molecule has 0 bridgehead atoms. The fourth-order valence-electron chi connectivity index (χ4n) is 2.96. The van der Waals surface area contributed by atoms with E-state index in [1.807, 2.05) is 35.0 Å². The Labute approximate surface area is 179 Å². The first-order valence-electron chi connectivity index (χ1n) is 9.76. The van der Waals surface area contributed by atoms with Gasteiger partial charge in [-0.1, -0.05) is 12.1 Å². The lowest BCUT2D eigenvalue weighted by atomic mass is 10.2. The van der Waals surface area contributed by atoms with Crippen molar-refractivity contribution in [1.82, 2.24) is 14.4 Å². The molecule has 0 saturated carbocycles. The lowest BCUT2D eigenvalue weighted by Crippen LogP contribution is -2.14. The number of ether oxygens (including phenoxy) is 3. The van der Waals surface area contributed by atoms with Crippen LogP contribution in [0.3, 0.4) is 0 Å². The van der Waals surface area contributed by atoms with Crippen LogP contribution in [0.4, 0.5) is 5.69 Å². The summed E-state index contributed by atoms with van der Waals surface area (Å²) in [5.41, 5.74) is 2.60. The van der Waals surface area contributed by atoms with E-state index in [0.29, 0.717) is 42.7 Å². The van der Waals surface area contributed by atoms with Crippen molar-refractivity contribution in [3.63, 3.8) is 0 Å². The Hall–Kier alpha value is -3.91. The van der Waals surface area contributed by atoms with Gasteiger partial charge in [-0.3, -0.25) is 4.79 Å². The molecule has 0 spiro atoms. The summed E-state index contributed by atoms with van der Waals surface area (Å²) in [7, 11) is 1.59. The van der Waals surface area contributed by atoms with Crippen LogP contribution in [0.25, 0.3) is 5.65 Å². The molecule has 0 unspecified atom stereocenters. The van der Waals surface area contributed by atoms with Crippen molar-refractivity contribution < 1.29 is 19.0 Å². The van der Waals surface area contributed by atoms with Crippen LogP contribution in [-0.2, 0) is 11.3 Å². The van der Waals surface area contributed by atoms with E-state index >= 15 is 0 Å². The second kappa shape index (κ2) is 9.73. The Kier molecular flexibility index (Phi) is 6.39. The van der Waals surface area contributed by atoms with Gasteiger partial charge in [-0.25, -0.2) is 9.97 Å². The van der Waals surface area contributed by atoms with Crippen LogP contribution in [0.1, 0.15) is 16.1 Å². The van der Waals surface area contributed by atoms with Crippen LogP contribution in [0.2, 0.25) is 0 Å². The molecule has 0 saturated heterocycles. The number of nitrogens with one attached hydrogen (secondary N) is 1. The predicted octanol–water partition coefficient (Wildman–Crippen LogP) is 3.59. The van der Waals surface area contributed by atoms with Crippen LogP contribution >= 0.6 is 0 Å². The summed E-state index contributed by atoms with van der Waals surface area (Å²) >= 11 is 0. The number of hydrogen-bond acceptors (Lipinski definition) is 6. The molecule has 4 rings (SSSR count). The van der Waals surface area contributed by atoms with Crippen molar-refractivity contribution in [2.75, 3.05) is 25.6 Å². The number of hydrogen-bond donors (Lipinski definition) is 1. The molecule has 0 radical (unpaired) electrons. The van der Waals surface area contributed by atoms with Gasteiger partial charge >= 0.3 is 0 Å². The number of carbonyl (C=O) groups is 1. The molecule has 8 nitrogen and oxygen atoms in total. The number of anilines is 1. The number of pyridine rings is 2. The van der Waals surface area contributed by atoms with Gasteiger partial charge in [0.2, 0.25) is 5.88 Å². The molecule has 3 heterocycles. The van der Waals surface area contributed by atoms with Gasteiger partial charge in [0, 0.05) is 31.3 Å². The monoisotopic (exact) mass is 418 g/mol. The summed E-state index contributed by atoms with van der Waals surface area (Å²) in [5.74, 6) is 0.627. The first kappa shape index (κ1) is 20.4. The third-order valence-corrected chi connectivity index (χ3v) is 4.44. The van der Waals surface area contributed by atoms with Gasteiger partial charge in [-0.05, 0) is 42.5 Å². The topological polar surface area (TPSA) is 87.0 Å². The molecule has 0 aliphatic carbocycles. The highest BCUT2D eigenvalue weighted by Crippen LogP contribution is 2.22. The minimum Gasteiger partial charge on any atom is -0.487 e. The zero-order valence-electron chi connectivity index (χ0n) is 17.0. The van der Waals surface area contributed by atoms with Crippen LogP contribution in [0.5, 0.6) is 11.6 Å². The normalized spacial score (nSPS) is 10.7. The lowest BCUT2D eigenvalue weighted by Gasteiger charge is -2.11. The van der Waals surface area contributed by atoms with Crippen molar-refractivity contribution in [2.24, 2.45) is 0 Å². The van der Waals surface area contributed by atoms with Crippen LogP contribution in [0.15, 0.2) is 73.2 Å². The number of nitrogens with zero attached hydrogens (tertiary/aromatic N) is 3. The molecule has 1 N–H and O–H groups in total. The number of aromatic nitrogens is 3. The Morgan fingerprint density at radius 2 is 2.00 bits per heavy atom. The molecule has 3 aromatic heterocycles. The van der Waals surface area contributed by atoms with E-state index in [-0.39, 0.29) is 5.91 Å². The summed E-state index contributed by atoms with van der Waals surface area (Å²) in [4.78, 5) is 21.4. The number of amides is 1. The molecule has 0 fully saturated rings. The molecule has 0 aliphatic heterocycles. The molecule has 4 aromatic rings. The number of fused-ring (bicyclic) bond motifs is 1. The molecule has 1 aromatic carbocycles. The molecule has 8 heteroatoms. The van der Waals surface area contributed by atoms with E-state index in [1.165, 1.54) is 0 Å². The highest BCUT2D eigenvalue weighted by atomic mass is 16.5. The smallest absolute Gasteiger partial charge is 0.255 e. The highest BCUT2D eigenvalue weighted by molar-refractivity contribution is 6.05. The third kappa shape index (κ3) is 5.18. The number of carbonyl (C=O) groups excluding carboxylic acids is 1. The molecular weight excluding hydrogens is 396 g/mol. The SMILES string of the molecule is COCCOc1ncccc1NC(=O)c1cccc(OCc2cn3ccccc3n2)c1. The number of imidazole rings is 1. The first-order chi connectivity index (χ1) is 15.2. The Bertz CT molecular complexity index is 1140. The van der Waals surface area contributed by atoms with E-state index in [0.717, 1.165) is 11.3 Å². The van der Waals surface area contributed by atoms with Gasteiger partial charge in [-0.15, -0.1) is 0 Å². The maximum atomic E-state index is 12.7. The zero-order valence-corrected chi connectivity index (χ0v) is 17.0. The number of rotatable bonds is 9. The van der Waals surface area contributed by atoms with E-state index in [2.05, 4.69) is 15.3 Å². The fraction of sp³-hybridized carbons (Fsp3) is 0.174. The largest absolute Gasteiger partial charge is 0.487 e. The van der Waals surface area contributed by atoms with Crippen molar-refractivity contribution >= 4 is 17.2 Å². The second-order valence-corrected chi connectivity index (χ2v) is 6.67. The average Bonchev–Trinajstić information content (AvgIpc) is 3.22. The summed E-state index contributed by atoms with van der Waals surface area (Å²) < 4.78 is 18.3. The van der Waals surface area contributed by atoms with Gasteiger partial charge in [0.1, 0.15) is 30.3 Å². The number of methoxy groups -OCH3 is 1. The van der Waals surface area contributed by atoms with Crippen molar-refractivity contribution in [3.8, 4) is 11.6 Å².